The van der Waals surface area contributed by atoms with Crippen LogP contribution in [0.15, 0.2) is 48.5 Å². The van der Waals surface area contributed by atoms with Crippen molar-refractivity contribution in [3.8, 4) is 11.4 Å². The number of H-pyrrole nitrogens is 1. The molecule has 2 N–H and O–H groups in total. The number of hydrogen-bond acceptors (Lipinski definition) is 3. The Labute approximate surface area is 128 Å². The summed E-state index contributed by atoms with van der Waals surface area (Å²) < 4.78 is 0. The molecule has 1 aromatic heterocycles. The second-order valence-electron chi connectivity index (χ2n) is 4.77. The summed E-state index contributed by atoms with van der Waals surface area (Å²) in [5, 5.41) is 11.2. The highest BCUT2D eigenvalue weighted by atomic mass is 35.5. The molecule has 3 rings (SSSR count). The van der Waals surface area contributed by atoms with E-state index in [0.29, 0.717) is 12.4 Å². The van der Waals surface area contributed by atoms with Crippen LogP contribution >= 0.6 is 11.6 Å². The SMILES string of the molecule is Cc1nc(-c2cccc(NCc3ccccc3Cl)c2)n[nH]1. The van der Waals surface area contributed by atoms with Gasteiger partial charge < -0.3 is 5.32 Å². The monoisotopic (exact) mass is 298 g/mol. The molecule has 1 heterocycles. The number of benzene rings is 2. The minimum Gasteiger partial charge on any atom is -0.381 e. The predicted octanol–water partition coefficient (Wildman–Crippen LogP) is 4.05. The number of anilines is 1. The van der Waals surface area contributed by atoms with Gasteiger partial charge in [-0.15, -0.1) is 0 Å². The van der Waals surface area contributed by atoms with Crippen LogP contribution in [0.1, 0.15) is 11.4 Å². The maximum Gasteiger partial charge on any atom is 0.181 e. The minimum absolute atomic E-state index is 0.677. The second kappa shape index (κ2) is 5.97. The van der Waals surface area contributed by atoms with Gasteiger partial charge in [-0.05, 0) is 30.7 Å². The topological polar surface area (TPSA) is 53.6 Å². The average Bonchev–Trinajstić information content (AvgIpc) is 2.93. The first-order valence-electron chi connectivity index (χ1n) is 6.69. The highest BCUT2D eigenvalue weighted by molar-refractivity contribution is 6.31. The van der Waals surface area contributed by atoms with Crippen LogP contribution in [0.4, 0.5) is 5.69 Å². The van der Waals surface area contributed by atoms with E-state index in [-0.39, 0.29) is 0 Å². The molecular weight excluding hydrogens is 284 g/mol. The van der Waals surface area contributed by atoms with E-state index in [4.69, 9.17) is 11.6 Å². The summed E-state index contributed by atoms with van der Waals surface area (Å²) in [5.74, 6) is 1.51. The molecule has 0 bridgehead atoms. The summed E-state index contributed by atoms with van der Waals surface area (Å²) in [6.45, 7) is 2.56. The number of nitrogens with one attached hydrogen (secondary N) is 2. The fourth-order valence-electron chi connectivity index (χ4n) is 2.08. The summed E-state index contributed by atoms with van der Waals surface area (Å²) in [5.41, 5.74) is 3.05. The molecular formula is C16H15ClN4. The standard InChI is InChI=1S/C16H15ClN4/c1-11-19-16(21-20-11)12-6-4-7-14(9-12)18-10-13-5-2-3-8-15(13)17/h2-9,18H,10H2,1H3,(H,19,20,21). The molecule has 0 saturated carbocycles. The molecule has 0 aliphatic carbocycles. The van der Waals surface area contributed by atoms with Crippen LogP contribution in [0.25, 0.3) is 11.4 Å². The van der Waals surface area contributed by atoms with Crippen LogP contribution in [0.2, 0.25) is 5.02 Å². The molecule has 21 heavy (non-hydrogen) atoms. The maximum atomic E-state index is 6.16. The van der Waals surface area contributed by atoms with Gasteiger partial charge in [-0.3, -0.25) is 5.10 Å². The van der Waals surface area contributed by atoms with Crippen molar-refractivity contribution in [3.63, 3.8) is 0 Å². The molecule has 0 radical (unpaired) electrons. The van der Waals surface area contributed by atoms with Gasteiger partial charge in [0.1, 0.15) is 5.82 Å². The highest BCUT2D eigenvalue weighted by Gasteiger charge is 2.05. The lowest BCUT2D eigenvalue weighted by atomic mass is 10.1. The minimum atomic E-state index is 0.677. The number of aromatic amines is 1. The van der Waals surface area contributed by atoms with Gasteiger partial charge in [0.05, 0.1) is 0 Å². The highest BCUT2D eigenvalue weighted by Crippen LogP contribution is 2.21. The lowest BCUT2D eigenvalue weighted by Crippen LogP contribution is -2.00. The van der Waals surface area contributed by atoms with Crippen molar-refractivity contribution >= 4 is 17.3 Å². The first kappa shape index (κ1) is 13.6. The smallest absolute Gasteiger partial charge is 0.181 e. The molecule has 0 unspecified atom stereocenters. The molecule has 0 aliphatic rings. The van der Waals surface area contributed by atoms with Crippen LogP contribution in [0.5, 0.6) is 0 Å². The first-order chi connectivity index (χ1) is 10.2. The average molecular weight is 299 g/mol. The van der Waals surface area contributed by atoms with E-state index in [0.717, 1.165) is 27.7 Å². The van der Waals surface area contributed by atoms with Gasteiger partial charge in [0.25, 0.3) is 0 Å². The summed E-state index contributed by atoms with van der Waals surface area (Å²) in [6.07, 6.45) is 0. The van der Waals surface area contributed by atoms with E-state index in [1.165, 1.54) is 0 Å². The normalized spacial score (nSPS) is 10.6. The quantitative estimate of drug-likeness (QED) is 0.764. The Morgan fingerprint density at radius 1 is 1.14 bits per heavy atom. The molecule has 0 aliphatic heterocycles. The molecule has 0 atom stereocenters. The van der Waals surface area contributed by atoms with E-state index in [1.54, 1.807) is 0 Å². The van der Waals surface area contributed by atoms with Crippen LogP contribution in [-0.4, -0.2) is 15.2 Å². The number of aryl methyl sites for hydroxylation is 1. The summed E-state index contributed by atoms with van der Waals surface area (Å²) in [4.78, 5) is 4.34. The van der Waals surface area contributed by atoms with Gasteiger partial charge in [0.2, 0.25) is 0 Å². The Morgan fingerprint density at radius 3 is 2.76 bits per heavy atom. The van der Waals surface area contributed by atoms with E-state index in [2.05, 4.69) is 20.5 Å². The molecule has 2 aromatic carbocycles. The Hall–Kier alpha value is -2.33. The van der Waals surface area contributed by atoms with Crippen molar-refractivity contribution in [3.05, 3.63) is 64.9 Å². The largest absolute Gasteiger partial charge is 0.381 e. The maximum absolute atomic E-state index is 6.16. The van der Waals surface area contributed by atoms with Gasteiger partial charge in [0, 0.05) is 22.8 Å². The Balaban J connectivity index is 1.76. The van der Waals surface area contributed by atoms with Crippen molar-refractivity contribution in [1.82, 2.24) is 15.2 Å². The Bertz CT molecular complexity index is 751. The number of nitrogens with zero attached hydrogens (tertiary/aromatic N) is 2. The van der Waals surface area contributed by atoms with Crippen molar-refractivity contribution in [2.45, 2.75) is 13.5 Å². The van der Waals surface area contributed by atoms with Crippen molar-refractivity contribution < 1.29 is 0 Å². The fourth-order valence-corrected chi connectivity index (χ4v) is 2.28. The van der Waals surface area contributed by atoms with Gasteiger partial charge in [-0.1, -0.05) is 41.9 Å². The summed E-state index contributed by atoms with van der Waals surface area (Å²) in [7, 11) is 0. The molecule has 0 fully saturated rings. The van der Waals surface area contributed by atoms with Gasteiger partial charge in [-0.25, -0.2) is 4.98 Å². The number of halogens is 1. The van der Waals surface area contributed by atoms with E-state index >= 15 is 0 Å². The van der Waals surface area contributed by atoms with E-state index in [9.17, 15) is 0 Å². The van der Waals surface area contributed by atoms with Crippen molar-refractivity contribution in [1.29, 1.82) is 0 Å². The van der Waals surface area contributed by atoms with E-state index < -0.39 is 0 Å². The van der Waals surface area contributed by atoms with Crippen LogP contribution in [0, 0.1) is 6.92 Å². The molecule has 0 amide bonds. The fraction of sp³-hybridized carbons (Fsp3) is 0.125. The number of aromatic nitrogens is 3. The van der Waals surface area contributed by atoms with E-state index in [1.807, 2.05) is 55.5 Å². The number of hydrogen-bond donors (Lipinski definition) is 2. The molecule has 0 spiro atoms. The first-order valence-corrected chi connectivity index (χ1v) is 7.07. The Morgan fingerprint density at radius 2 is 2.00 bits per heavy atom. The molecule has 5 heteroatoms. The molecule has 0 saturated heterocycles. The van der Waals surface area contributed by atoms with Crippen molar-refractivity contribution in [2.75, 3.05) is 5.32 Å². The molecule has 3 aromatic rings. The molecule has 4 nitrogen and oxygen atoms in total. The zero-order chi connectivity index (χ0) is 14.7. The van der Waals surface area contributed by atoms with Crippen LogP contribution in [-0.2, 0) is 6.54 Å². The lowest BCUT2D eigenvalue weighted by molar-refractivity contribution is 1.04. The Kier molecular flexibility index (Phi) is 3.88. The van der Waals surface area contributed by atoms with Gasteiger partial charge >= 0.3 is 0 Å². The summed E-state index contributed by atoms with van der Waals surface area (Å²) in [6, 6.07) is 15.8. The second-order valence-corrected chi connectivity index (χ2v) is 5.18. The van der Waals surface area contributed by atoms with Gasteiger partial charge in [-0.2, -0.15) is 5.10 Å². The summed E-state index contributed by atoms with van der Waals surface area (Å²) >= 11 is 6.16. The zero-order valence-corrected chi connectivity index (χ0v) is 12.4. The third-order valence-corrected chi connectivity index (χ3v) is 3.53. The number of rotatable bonds is 4. The molecule has 106 valence electrons. The zero-order valence-electron chi connectivity index (χ0n) is 11.6. The third-order valence-electron chi connectivity index (χ3n) is 3.16. The predicted molar refractivity (Wildman–Crippen MR) is 85.3 cm³/mol. The van der Waals surface area contributed by atoms with Crippen molar-refractivity contribution in [2.24, 2.45) is 0 Å². The van der Waals surface area contributed by atoms with Crippen LogP contribution in [0.3, 0.4) is 0 Å². The lowest BCUT2D eigenvalue weighted by Gasteiger charge is -2.08. The van der Waals surface area contributed by atoms with Gasteiger partial charge in [0.15, 0.2) is 5.82 Å². The van der Waals surface area contributed by atoms with Crippen LogP contribution < -0.4 is 5.32 Å². The third kappa shape index (κ3) is 3.23.